The molecule has 0 aromatic heterocycles. The van der Waals surface area contributed by atoms with Crippen molar-refractivity contribution in [2.75, 3.05) is 24.5 Å². The van der Waals surface area contributed by atoms with E-state index in [2.05, 4.69) is 11.4 Å². The van der Waals surface area contributed by atoms with Crippen molar-refractivity contribution >= 4 is 24.0 Å². The number of rotatable bonds is 3. The first-order valence-electron chi connectivity index (χ1n) is 8.54. The first-order valence-corrected chi connectivity index (χ1v) is 8.54. The molecule has 2 aromatic carbocycles. The second-order valence-corrected chi connectivity index (χ2v) is 6.80. The number of nitrogens with one attached hydrogen (secondary N) is 1. The summed E-state index contributed by atoms with van der Waals surface area (Å²) >= 11 is 0. The van der Waals surface area contributed by atoms with E-state index in [0.29, 0.717) is 5.92 Å². The molecule has 2 aliphatic rings. The van der Waals surface area contributed by atoms with Gasteiger partial charge in [0, 0.05) is 18.2 Å². The summed E-state index contributed by atoms with van der Waals surface area (Å²) in [5.41, 5.74) is 4.05. The molecule has 3 nitrogen and oxygen atoms in total. The molecule has 0 spiro atoms. The van der Waals surface area contributed by atoms with Gasteiger partial charge in [-0.25, -0.2) is 4.39 Å². The van der Waals surface area contributed by atoms with Crippen LogP contribution in [0.1, 0.15) is 12.5 Å². The maximum Gasteiger partial charge on any atom is 0.230 e. The fourth-order valence-electron chi connectivity index (χ4n) is 3.59. The number of fused-ring (bicyclic) bond motifs is 1. The molecule has 5 heteroatoms. The van der Waals surface area contributed by atoms with Gasteiger partial charge in [-0.3, -0.25) is 4.79 Å². The Morgan fingerprint density at radius 3 is 2.64 bits per heavy atom. The molecule has 132 valence electrons. The minimum atomic E-state index is -0.229. The molecule has 2 aliphatic heterocycles. The Labute approximate surface area is 153 Å². The summed E-state index contributed by atoms with van der Waals surface area (Å²) < 4.78 is 13.4. The molecule has 0 aliphatic carbocycles. The fraction of sp³-hybridized carbons (Fsp3) is 0.350. The predicted octanol–water partition coefficient (Wildman–Crippen LogP) is 3.66. The van der Waals surface area contributed by atoms with Gasteiger partial charge >= 0.3 is 0 Å². The normalized spacial score (nSPS) is 17.4. The second-order valence-electron chi connectivity index (χ2n) is 6.80. The zero-order valence-electron chi connectivity index (χ0n) is 14.2. The van der Waals surface area contributed by atoms with Crippen LogP contribution in [-0.2, 0) is 11.2 Å². The van der Waals surface area contributed by atoms with Crippen LogP contribution in [0.25, 0.3) is 11.1 Å². The number of halogens is 2. The summed E-state index contributed by atoms with van der Waals surface area (Å²) in [5.74, 6) is 0.500. The molecule has 1 unspecified atom stereocenters. The molecular weight excluding hydrogens is 339 g/mol. The largest absolute Gasteiger partial charge is 0.316 e. The molecule has 2 heterocycles. The van der Waals surface area contributed by atoms with Crippen LogP contribution in [0.15, 0.2) is 42.5 Å². The van der Waals surface area contributed by atoms with E-state index in [-0.39, 0.29) is 30.0 Å². The van der Waals surface area contributed by atoms with Gasteiger partial charge < -0.3 is 10.2 Å². The molecule has 1 atom stereocenters. The summed E-state index contributed by atoms with van der Waals surface area (Å²) in [4.78, 5) is 14.7. The summed E-state index contributed by atoms with van der Waals surface area (Å²) in [6.45, 7) is 4.65. The molecule has 1 N–H and O–H groups in total. The van der Waals surface area contributed by atoms with E-state index in [0.717, 1.165) is 42.9 Å². The number of amides is 1. The lowest BCUT2D eigenvalue weighted by Gasteiger charge is -2.34. The van der Waals surface area contributed by atoms with Crippen molar-refractivity contribution in [3.05, 3.63) is 53.8 Å². The highest BCUT2D eigenvalue weighted by Crippen LogP contribution is 2.34. The summed E-state index contributed by atoms with van der Waals surface area (Å²) in [5, 5.41) is 3.24. The lowest BCUT2D eigenvalue weighted by atomic mass is 9.88. The summed E-state index contributed by atoms with van der Waals surface area (Å²) in [7, 11) is 0. The maximum atomic E-state index is 13.4. The Balaban J connectivity index is 0.00000182. The van der Waals surface area contributed by atoms with E-state index >= 15 is 0 Å². The SMILES string of the molecule is CC(C(=O)N1CCc2cc(-c3cccc(F)c3)ccc21)C1CNC1.Cl. The molecule has 2 aromatic rings. The highest BCUT2D eigenvalue weighted by atomic mass is 35.5. The molecule has 0 radical (unpaired) electrons. The standard InChI is InChI=1S/C20H21FN2O.ClH/c1-13(17-11-22-12-17)20(24)23-8-7-16-9-15(5-6-19(16)23)14-3-2-4-18(21)10-14;/h2-6,9-10,13,17,22H,7-8,11-12H2,1H3;1H. The summed E-state index contributed by atoms with van der Waals surface area (Å²) in [6, 6.07) is 12.7. The maximum absolute atomic E-state index is 13.4. The number of anilines is 1. The predicted molar refractivity (Wildman–Crippen MR) is 101 cm³/mol. The van der Waals surface area contributed by atoms with Crippen molar-refractivity contribution in [3.63, 3.8) is 0 Å². The highest BCUT2D eigenvalue weighted by Gasteiger charge is 2.34. The van der Waals surface area contributed by atoms with Gasteiger partial charge in [-0.05, 0) is 66.4 Å². The third kappa shape index (κ3) is 3.29. The zero-order valence-corrected chi connectivity index (χ0v) is 15.0. The number of hydrogen-bond donors (Lipinski definition) is 1. The Kier molecular flexibility index (Phi) is 5.11. The Bertz CT molecular complexity index is 791. The topological polar surface area (TPSA) is 32.3 Å². The Morgan fingerprint density at radius 1 is 1.20 bits per heavy atom. The number of nitrogens with zero attached hydrogens (tertiary/aromatic N) is 1. The molecule has 4 rings (SSSR count). The lowest BCUT2D eigenvalue weighted by Crippen LogP contribution is -2.50. The van der Waals surface area contributed by atoms with Gasteiger partial charge in [0.15, 0.2) is 0 Å². The van der Waals surface area contributed by atoms with E-state index in [1.54, 1.807) is 12.1 Å². The van der Waals surface area contributed by atoms with E-state index in [1.807, 2.05) is 30.0 Å². The van der Waals surface area contributed by atoms with Gasteiger partial charge in [0.2, 0.25) is 5.91 Å². The molecule has 25 heavy (non-hydrogen) atoms. The first kappa shape index (κ1) is 17.9. The highest BCUT2D eigenvalue weighted by molar-refractivity contribution is 5.97. The van der Waals surface area contributed by atoms with Gasteiger partial charge in [-0.2, -0.15) is 0 Å². The molecule has 1 fully saturated rings. The van der Waals surface area contributed by atoms with Crippen LogP contribution in [0.5, 0.6) is 0 Å². The van der Waals surface area contributed by atoms with E-state index < -0.39 is 0 Å². The Hall–Kier alpha value is -1.91. The van der Waals surface area contributed by atoms with E-state index in [4.69, 9.17) is 0 Å². The quantitative estimate of drug-likeness (QED) is 0.906. The average molecular weight is 361 g/mol. The third-order valence-electron chi connectivity index (χ3n) is 5.31. The van der Waals surface area contributed by atoms with Gasteiger partial charge in [0.05, 0.1) is 0 Å². The monoisotopic (exact) mass is 360 g/mol. The van der Waals surface area contributed by atoms with E-state index in [9.17, 15) is 9.18 Å². The van der Waals surface area contributed by atoms with Crippen LogP contribution in [0, 0.1) is 17.7 Å². The smallest absolute Gasteiger partial charge is 0.230 e. The van der Waals surface area contributed by atoms with Crippen molar-refractivity contribution in [3.8, 4) is 11.1 Å². The molecule has 0 saturated carbocycles. The van der Waals surface area contributed by atoms with Gasteiger partial charge in [-0.1, -0.05) is 25.1 Å². The number of hydrogen-bond acceptors (Lipinski definition) is 2. The van der Waals surface area contributed by atoms with Crippen molar-refractivity contribution in [2.24, 2.45) is 11.8 Å². The zero-order chi connectivity index (χ0) is 16.7. The Morgan fingerprint density at radius 2 is 1.96 bits per heavy atom. The van der Waals surface area contributed by atoms with Crippen molar-refractivity contribution in [1.29, 1.82) is 0 Å². The third-order valence-corrected chi connectivity index (χ3v) is 5.31. The van der Waals surface area contributed by atoms with Crippen LogP contribution in [-0.4, -0.2) is 25.5 Å². The van der Waals surface area contributed by atoms with Gasteiger partial charge in [0.25, 0.3) is 0 Å². The number of carbonyl (C=O) groups excluding carboxylic acids is 1. The fourth-order valence-corrected chi connectivity index (χ4v) is 3.59. The molecule has 1 amide bonds. The van der Waals surface area contributed by atoms with Gasteiger partial charge in [0.1, 0.15) is 5.82 Å². The summed E-state index contributed by atoms with van der Waals surface area (Å²) in [6.07, 6.45) is 0.861. The first-order chi connectivity index (χ1) is 11.6. The van der Waals surface area contributed by atoms with Gasteiger partial charge in [-0.15, -0.1) is 12.4 Å². The lowest BCUT2D eigenvalue weighted by molar-refractivity contribution is -0.123. The van der Waals surface area contributed by atoms with Crippen LogP contribution in [0.2, 0.25) is 0 Å². The molecule has 0 bridgehead atoms. The number of carbonyl (C=O) groups is 1. The van der Waals surface area contributed by atoms with Crippen LogP contribution in [0.3, 0.4) is 0 Å². The molecule has 1 saturated heterocycles. The van der Waals surface area contributed by atoms with E-state index in [1.165, 1.54) is 11.6 Å². The van der Waals surface area contributed by atoms with Crippen LogP contribution in [0.4, 0.5) is 10.1 Å². The number of benzene rings is 2. The van der Waals surface area contributed by atoms with Crippen molar-refractivity contribution in [1.82, 2.24) is 5.32 Å². The minimum absolute atomic E-state index is 0. The molecular formula is C20H22ClFN2O. The van der Waals surface area contributed by atoms with Crippen molar-refractivity contribution < 1.29 is 9.18 Å². The van der Waals surface area contributed by atoms with Crippen LogP contribution < -0.4 is 10.2 Å². The van der Waals surface area contributed by atoms with Crippen LogP contribution >= 0.6 is 12.4 Å². The second kappa shape index (κ2) is 7.14. The van der Waals surface area contributed by atoms with Crippen molar-refractivity contribution in [2.45, 2.75) is 13.3 Å². The average Bonchev–Trinajstić information content (AvgIpc) is 2.95. The minimum Gasteiger partial charge on any atom is -0.316 e.